The lowest BCUT2D eigenvalue weighted by atomic mass is 10.1. The highest BCUT2D eigenvalue weighted by Gasteiger charge is 2.18. The third-order valence-electron chi connectivity index (χ3n) is 6.57. The standard InChI is InChI=1S/C27H28N8O.H3NO2S/c1-17-4-3-5-18(2)24(17)32-26-23-22(19-14-29-30-15-19)16-28-25(23)33-27(34-26)31-20-6-8-21(9-7-20)35-10-12-36-13-11-35;1-4(2)3/h3-9,14-16H,10-13H2,1-2H3,(H,29,30)(H3,28,31,32,33,34);1H2,(H,2,3)/p-1. The summed E-state index contributed by atoms with van der Waals surface area (Å²) >= 11 is -2.36. The summed E-state index contributed by atoms with van der Waals surface area (Å²) in [6, 6.07) is 14.6. The molecule has 1 atom stereocenters. The molecule has 0 spiro atoms. The molecule has 0 saturated carbocycles. The van der Waals surface area contributed by atoms with Gasteiger partial charge in [-0.25, -0.2) is 0 Å². The maximum atomic E-state index is 8.78. The van der Waals surface area contributed by atoms with E-state index in [2.05, 4.69) is 92.2 Å². The van der Waals surface area contributed by atoms with E-state index in [1.165, 1.54) is 5.69 Å². The summed E-state index contributed by atoms with van der Waals surface area (Å²) in [6.07, 6.45) is 5.61. The van der Waals surface area contributed by atoms with Crippen LogP contribution < -0.4 is 20.7 Å². The number of aryl methyl sites for hydroxylation is 2. The van der Waals surface area contributed by atoms with Crippen molar-refractivity contribution in [3.63, 3.8) is 0 Å². The predicted octanol–water partition coefficient (Wildman–Crippen LogP) is 4.03. The first-order valence-corrected chi connectivity index (χ1v) is 13.8. The fourth-order valence-corrected chi connectivity index (χ4v) is 4.64. The van der Waals surface area contributed by atoms with E-state index in [1.807, 2.05) is 12.4 Å². The fourth-order valence-electron chi connectivity index (χ4n) is 4.64. The highest BCUT2D eigenvalue weighted by atomic mass is 32.2. The number of H-pyrrole nitrogens is 2. The van der Waals surface area contributed by atoms with Crippen LogP contribution in [0.3, 0.4) is 0 Å². The number of hydrogen-bond donors (Lipinski definition) is 5. The van der Waals surface area contributed by atoms with Crippen LogP contribution in [0.15, 0.2) is 61.1 Å². The molecule has 1 fully saturated rings. The molecule has 6 rings (SSSR count). The first-order chi connectivity index (χ1) is 19.4. The van der Waals surface area contributed by atoms with Gasteiger partial charge in [-0.3, -0.25) is 14.4 Å². The van der Waals surface area contributed by atoms with Crippen molar-refractivity contribution in [2.75, 3.05) is 41.8 Å². The van der Waals surface area contributed by atoms with Gasteiger partial charge in [0.2, 0.25) is 5.95 Å². The van der Waals surface area contributed by atoms with Crippen LogP contribution in [0.5, 0.6) is 0 Å². The number of aromatic nitrogens is 5. The van der Waals surface area contributed by atoms with Crippen LogP contribution in [0.4, 0.5) is 28.8 Å². The van der Waals surface area contributed by atoms with Crippen molar-refractivity contribution in [2.24, 2.45) is 5.14 Å². The number of nitrogens with zero attached hydrogens (tertiary/aromatic N) is 4. The number of rotatable bonds is 6. The summed E-state index contributed by atoms with van der Waals surface area (Å²) in [5.41, 5.74) is 8.13. The quantitative estimate of drug-likeness (QED) is 0.192. The van der Waals surface area contributed by atoms with Crippen LogP contribution in [-0.4, -0.2) is 60.2 Å². The lowest BCUT2D eigenvalue weighted by Crippen LogP contribution is -2.36. The lowest BCUT2D eigenvalue weighted by molar-refractivity contribution is 0.122. The number of nitrogens with one attached hydrogen (secondary N) is 4. The van der Waals surface area contributed by atoms with E-state index in [4.69, 9.17) is 23.5 Å². The molecule has 1 saturated heterocycles. The molecule has 0 radical (unpaired) electrons. The zero-order chi connectivity index (χ0) is 28.1. The molecule has 3 aromatic heterocycles. The van der Waals surface area contributed by atoms with Gasteiger partial charge in [0.15, 0.2) is 0 Å². The molecule has 4 heterocycles. The summed E-state index contributed by atoms with van der Waals surface area (Å²) in [6.45, 7) is 7.54. The van der Waals surface area contributed by atoms with E-state index in [-0.39, 0.29) is 0 Å². The molecule has 1 unspecified atom stereocenters. The molecule has 5 aromatic rings. The van der Waals surface area contributed by atoms with E-state index >= 15 is 0 Å². The zero-order valence-electron chi connectivity index (χ0n) is 22.1. The van der Waals surface area contributed by atoms with E-state index in [0.29, 0.717) is 5.95 Å². The molecule has 0 amide bonds. The molecule has 13 heteroatoms. The van der Waals surface area contributed by atoms with Crippen molar-refractivity contribution in [2.45, 2.75) is 13.8 Å². The number of aromatic amines is 2. The van der Waals surface area contributed by atoms with Gasteiger partial charge in [0, 0.05) is 64.9 Å². The Morgan fingerprint density at radius 2 is 1.73 bits per heavy atom. The third-order valence-corrected chi connectivity index (χ3v) is 6.57. The normalized spacial score (nSPS) is 13.9. The lowest BCUT2D eigenvalue weighted by Gasteiger charge is -2.28. The highest BCUT2D eigenvalue weighted by molar-refractivity contribution is 7.76. The molecule has 1 aliphatic rings. The average molecular weight is 561 g/mol. The van der Waals surface area contributed by atoms with Gasteiger partial charge in [-0.15, -0.1) is 0 Å². The first kappa shape index (κ1) is 27.3. The van der Waals surface area contributed by atoms with E-state index < -0.39 is 11.3 Å². The van der Waals surface area contributed by atoms with Gasteiger partial charge < -0.3 is 29.8 Å². The second-order valence-electron chi connectivity index (χ2n) is 9.23. The molecule has 1 aliphatic heterocycles. The van der Waals surface area contributed by atoms with Gasteiger partial charge in [-0.05, 0) is 49.2 Å². The molecule has 40 heavy (non-hydrogen) atoms. The van der Waals surface area contributed by atoms with Crippen molar-refractivity contribution in [1.82, 2.24) is 25.1 Å². The van der Waals surface area contributed by atoms with E-state index in [0.717, 1.165) is 76.8 Å². The minimum absolute atomic E-state index is 0.510. The van der Waals surface area contributed by atoms with Crippen molar-refractivity contribution in [3.05, 3.63) is 72.2 Å². The van der Waals surface area contributed by atoms with Gasteiger partial charge in [-0.1, -0.05) is 18.2 Å². The number of para-hydroxylation sites is 1. The number of benzene rings is 2. The molecular formula is C27H30N9O3S-. The van der Waals surface area contributed by atoms with Crippen molar-refractivity contribution >= 4 is 51.1 Å². The summed E-state index contributed by atoms with van der Waals surface area (Å²) in [7, 11) is 0. The van der Waals surface area contributed by atoms with Crippen molar-refractivity contribution in [1.29, 1.82) is 0 Å². The van der Waals surface area contributed by atoms with Crippen LogP contribution in [0, 0.1) is 13.8 Å². The Morgan fingerprint density at radius 1 is 1.02 bits per heavy atom. The van der Waals surface area contributed by atoms with Crippen molar-refractivity contribution < 1.29 is 13.5 Å². The number of fused-ring (bicyclic) bond motifs is 1. The fraction of sp³-hybridized carbons (Fsp3) is 0.222. The maximum absolute atomic E-state index is 8.78. The van der Waals surface area contributed by atoms with Gasteiger partial charge in [0.25, 0.3) is 0 Å². The molecule has 0 aliphatic carbocycles. The largest absolute Gasteiger partial charge is 0.760 e. The van der Waals surface area contributed by atoms with Crippen LogP contribution in [0.2, 0.25) is 0 Å². The Kier molecular flexibility index (Phi) is 8.36. The zero-order valence-corrected chi connectivity index (χ0v) is 22.9. The van der Waals surface area contributed by atoms with Gasteiger partial charge >= 0.3 is 0 Å². The second kappa shape index (κ2) is 12.3. The van der Waals surface area contributed by atoms with Crippen LogP contribution in [-0.2, 0) is 16.0 Å². The predicted molar refractivity (Wildman–Crippen MR) is 157 cm³/mol. The highest BCUT2D eigenvalue weighted by Crippen LogP contribution is 2.36. The Hall–Kier alpha value is -4.30. The maximum Gasteiger partial charge on any atom is 0.231 e. The van der Waals surface area contributed by atoms with Crippen LogP contribution in [0.25, 0.3) is 22.2 Å². The minimum atomic E-state index is -2.36. The summed E-state index contributed by atoms with van der Waals surface area (Å²) in [4.78, 5) is 15.4. The van der Waals surface area contributed by atoms with Crippen molar-refractivity contribution in [3.8, 4) is 11.1 Å². The number of ether oxygens (including phenoxy) is 1. The summed E-state index contributed by atoms with van der Waals surface area (Å²) in [5.74, 6) is 1.23. The van der Waals surface area contributed by atoms with Crippen LogP contribution in [0.1, 0.15) is 11.1 Å². The summed E-state index contributed by atoms with van der Waals surface area (Å²) in [5, 5.41) is 18.9. The van der Waals surface area contributed by atoms with E-state index in [9.17, 15) is 0 Å². The molecule has 6 N–H and O–H groups in total. The first-order valence-electron chi connectivity index (χ1n) is 12.6. The van der Waals surface area contributed by atoms with Crippen LogP contribution >= 0.6 is 0 Å². The Bertz CT molecular complexity index is 1570. The number of hydrogen-bond acceptors (Lipinski definition) is 9. The number of anilines is 5. The molecule has 2 aromatic carbocycles. The smallest absolute Gasteiger partial charge is 0.231 e. The Morgan fingerprint density at radius 3 is 2.38 bits per heavy atom. The third kappa shape index (κ3) is 6.29. The topological polar surface area (TPSA) is 173 Å². The minimum Gasteiger partial charge on any atom is -0.760 e. The van der Waals surface area contributed by atoms with Gasteiger partial charge in [0.05, 0.1) is 24.8 Å². The second-order valence-corrected chi connectivity index (χ2v) is 9.75. The monoisotopic (exact) mass is 560 g/mol. The van der Waals surface area contributed by atoms with Gasteiger partial charge in [-0.2, -0.15) is 15.1 Å². The Labute approximate surface area is 233 Å². The molecular weight excluding hydrogens is 530 g/mol. The SMILES string of the molecule is Cc1cccc(C)c1Nc1nc(Nc2ccc(N3CCOCC3)cc2)nc2[nH]cc(-c3cn[nH]c3)c12.NS(=O)[O-]. The average Bonchev–Trinajstić information content (AvgIpc) is 3.62. The van der Waals surface area contributed by atoms with E-state index in [1.54, 1.807) is 6.20 Å². The molecule has 0 bridgehead atoms. The Balaban J connectivity index is 0.000000758. The number of morpholine rings is 1. The van der Waals surface area contributed by atoms with Gasteiger partial charge in [0.1, 0.15) is 11.5 Å². The molecule has 12 nitrogen and oxygen atoms in total. The summed E-state index contributed by atoms with van der Waals surface area (Å²) < 4.78 is 23.0. The molecule has 208 valence electrons. The number of nitrogens with two attached hydrogens (primary N) is 1.